The molecule has 5 aromatic rings. The summed E-state index contributed by atoms with van der Waals surface area (Å²) < 4.78 is 23.1. The number of rotatable bonds is 7. The number of nitrogens with one attached hydrogen (secondary N) is 1. The van der Waals surface area contributed by atoms with Gasteiger partial charge in [0.05, 0.1) is 38.9 Å². The highest BCUT2D eigenvalue weighted by Gasteiger charge is 2.14. The monoisotopic (exact) mass is 488 g/mol. The zero-order chi connectivity index (χ0) is 24.5. The summed E-state index contributed by atoms with van der Waals surface area (Å²) in [5, 5.41) is 7.73. The normalized spacial score (nSPS) is 12.1. The number of aryl methyl sites for hydroxylation is 3. The Morgan fingerprint density at radius 3 is 2.74 bits per heavy atom. The van der Waals surface area contributed by atoms with Crippen LogP contribution in [0.3, 0.4) is 0 Å². The number of hydrogen-bond donors (Lipinski definition) is 1. The van der Waals surface area contributed by atoms with Gasteiger partial charge in [0.2, 0.25) is 0 Å². The minimum atomic E-state index is -0.404. The van der Waals surface area contributed by atoms with Crippen molar-refractivity contribution in [2.75, 3.05) is 5.32 Å². The first-order chi connectivity index (χ1) is 16.9. The molecule has 0 saturated carbocycles. The van der Waals surface area contributed by atoms with Crippen LogP contribution in [0.1, 0.15) is 35.7 Å². The van der Waals surface area contributed by atoms with Gasteiger partial charge in [-0.3, -0.25) is 4.68 Å². The number of aromatic nitrogens is 5. The predicted molar refractivity (Wildman–Crippen MR) is 136 cm³/mol. The van der Waals surface area contributed by atoms with E-state index in [0.717, 1.165) is 38.4 Å². The van der Waals surface area contributed by atoms with Gasteiger partial charge in [-0.25, -0.2) is 19.3 Å². The van der Waals surface area contributed by atoms with Crippen LogP contribution in [-0.2, 0) is 13.7 Å². The molecule has 3 heterocycles. The number of anilines is 1. The van der Waals surface area contributed by atoms with Gasteiger partial charge < -0.3 is 10.1 Å². The van der Waals surface area contributed by atoms with Gasteiger partial charge in [0.25, 0.3) is 0 Å². The second kappa shape index (κ2) is 9.42. The van der Waals surface area contributed by atoms with Crippen molar-refractivity contribution < 1.29 is 9.13 Å². The Labute approximate surface area is 206 Å². The fourth-order valence-electron chi connectivity index (χ4n) is 3.96. The first-order valence-corrected chi connectivity index (χ1v) is 12.1. The first-order valence-electron chi connectivity index (χ1n) is 11.2. The maximum Gasteiger partial charge on any atom is 0.165 e. The molecule has 35 heavy (non-hydrogen) atoms. The molecule has 0 radical (unpaired) electrons. The van der Waals surface area contributed by atoms with Crippen LogP contribution in [0.25, 0.3) is 21.5 Å². The van der Waals surface area contributed by atoms with Crippen molar-refractivity contribution in [2.24, 2.45) is 7.05 Å². The molecule has 7 nitrogen and oxygen atoms in total. The lowest BCUT2D eigenvalue weighted by molar-refractivity contribution is 0.280. The molecule has 0 aliphatic heterocycles. The van der Waals surface area contributed by atoms with E-state index in [4.69, 9.17) is 4.74 Å². The van der Waals surface area contributed by atoms with Crippen molar-refractivity contribution in [2.45, 2.75) is 33.4 Å². The van der Waals surface area contributed by atoms with E-state index >= 15 is 0 Å². The lowest BCUT2D eigenvalue weighted by Gasteiger charge is -2.17. The van der Waals surface area contributed by atoms with Crippen molar-refractivity contribution in [3.8, 4) is 17.0 Å². The van der Waals surface area contributed by atoms with Crippen LogP contribution in [0.15, 0.2) is 54.0 Å². The number of fused-ring (bicyclic) bond motifs is 1. The van der Waals surface area contributed by atoms with E-state index in [0.29, 0.717) is 11.6 Å². The van der Waals surface area contributed by atoms with Crippen molar-refractivity contribution in [3.63, 3.8) is 0 Å². The second-order valence-corrected chi connectivity index (χ2v) is 9.35. The van der Waals surface area contributed by atoms with E-state index in [9.17, 15) is 4.39 Å². The van der Waals surface area contributed by atoms with Crippen molar-refractivity contribution in [3.05, 3.63) is 82.6 Å². The Bertz CT molecular complexity index is 1510. The molecule has 9 heteroatoms. The molecule has 2 aromatic carbocycles. The number of nitrogens with zero attached hydrogens (tertiary/aromatic N) is 5. The lowest BCUT2D eigenvalue weighted by Crippen LogP contribution is -2.10. The van der Waals surface area contributed by atoms with E-state index in [-0.39, 0.29) is 18.4 Å². The van der Waals surface area contributed by atoms with E-state index in [2.05, 4.69) is 31.4 Å². The van der Waals surface area contributed by atoms with E-state index in [1.54, 1.807) is 28.2 Å². The standard InChI is InChI=1S/C26H25FN6OS/c1-15-9-20(33(4)32-15)13-34-24-10-18(5-7-21(24)27)16(2)29-26-12-23(30-17(3)31-26)19-6-8-22-25(11-19)35-14-28-22/h5-12,14,16H,13H2,1-4H3,(H,29,30,31). The van der Waals surface area contributed by atoms with Gasteiger partial charge in [-0.1, -0.05) is 12.1 Å². The summed E-state index contributed by atoms with van der Waals surface area (Å²) in [6, 6.07) is 14.7. The fourth-order valence-corrected chi connectivity index (χ4v) is 4.68. The fraction of sp³-hybridized carbons (Fsp3) is 0.231. The molecule has 0 saturated heterocycles. The highest BCUT2D eigenvalue weighted by Crippen LogP contribution is 2.29. The maximum absolute atomic E-state index is 14.5. The zero-order valence-corrected chi connectivity index (χ0v) is 20.7. The summed E-state index contributed by atoms with van der Waals surface area (Å²) in [4.78, 5) is 13.5. The van der Waals surface area contributed by atoms with Crippen LogP contribution in [0.2, 0.25) is 0 Å². The van der Waals surface area contributed by atoms with Crippen molar-refractivity contribution >= 4 is 27.4 Å². The molecule has 1 unspecified atom stereocenters. The summed E-state index contributed by atoms with van der Waals surface area (Å²) in [5.74, 6) is 1.16. The molecule has 1 atom stereocenters. The van der Waals surface area contributed by atoms with Gasteiger partial charge in [-0.05, 0) is 56.7 Å². The van der Waals surface area contributed by atoms with Crippen LogP contribution in [0.4, 0.5) is 10.2 Å². The molecular formula is C26H25FN6OS. The average molecular weight is 489 g/mol. The van der Waals surface area contributed by atoms with Gasteiger partial charge in [0.15, 0.2) is 11.6 Å². The first kappa shape index (κ1) is 22.9. The summed E-state index contributed by atoms with van der Waals surface area (Å²) in [7, 11) is 1.85. The smallest absolute Gasteiger partial charge is 0.165 e. The molecular weight excluding hydrogens is 463 g/mol. The third-order valence-corrected chi connectivity index (χ3v) is 6.55. The predicted octanol–water partition coefficient (Wildman–Crippen LogP) is 5.99. The van der Waals surface area contributed by atoms with Crippen LogP contribution in [-0.4, -0.2) is 24.7 Å². The molecule has 5 rings (SSSR count). The highest BCUT2D eigenvalue weighted by molar-refractivity contribution is 7.16. The quantitative estimate of drug-likeness (QED) is 0.303. The highest BCUT2D eigenvalue weighted by atomic mass is 32.1. The van der Waals surface area contributed by atoms with Crippen LogP contribution >= 0.6 is 11.3 Å². The molecule has 1 N–H and O–H groups in total. The molecule has 178 valence electrons. The van der Waals surface area contributed by atoms with Gasteiger partial charge in [0.1, 0.15) is 18.2 Å². The van der Waals surface area contributed by atoms with Crippen molar-refractivity contribution in [1.29, 1.82) is 0 Å². The molecule has 3 aromatic heterocycles. The Morgan fingerprint density at radius 2 is 1.94 bits per heavy atom. The van der Waals surface area contributed by atoms with Gasteiger partial charge in [0, 0.05) is 18.7 Å². The Balaban J connectivity index is 1.35. The lowest BCUT2D eigenvalue weighted by atomic mass is 10.1. The summed E-state index contributed by atoms with van der Waals surface area (Å²) >= 11 is 1.60. The summed E-state index contributed by atoms with van der Waals surface area (Å²) in [5.41, 5.74) is 7.30. The Morgan fingerprint density at radius 1 is 1.09 bits per heavy atom. The average Bonchev–Trinajstić information content (AvgIpc) is 3.42. The molecule has 0 spiro atoms. The zero-order valence-electron chi connectivity index (χ0n) is 19.9. The maximum atomic E-state index is 14.5. The molecule has 0 fully saturated rings. The number of hydrogen-bond acceptors (Lipinski definition) is 7. The molecule has 0 amide bonds. The summed E-state index contributed by atoms with van der Waals surface area (Å²) in [6.45, 7) is 6.02. The topological polar surface area (TPSA) is 77.8 Å². The summed E-state index contributed by atoms with van der Waals surface area (Å²) in [6.07, 6.45) is 0. The van der Waals surface area contributed by atoms with E-state index in [1.165, 1.54) is 6.07 Å². The van der Waals surface area contributed by atoms with Crippen LogP contribution in [0, 0.1) is 19.7 Å². The largest absolute Gasteiger partial charge is 0.484 e. The molecule has 0 aliphatic rings. The third kappa shape index (κ3) is 5.00. The SMILES string of the molecule is Cc1cc(COc2cc(C(C)Nc3cc(-c4ccc5ncsc5c4)nc(C)n3)ccc2F)n(C)n1. The van der Waals surface area contributed by atoms with Gasteiger partial charge in [-0.15, -0.1) is 11.3 Å². The van der Waals surface area contributed by atoms with Crippen LogP contribution in [0.5, 0.6) is 5.75 Å². The molecule has 0 aliphatic carbocycles. The number of halogens is 1. The number of ether oxygens (including phenoxy) is 1. The Kier molecular flexibility index (Phi) is 6.17. The minimum Gasteiger partial charge on any atom is -0.484 e. The van der Waals surface area contributed by atoms with Gasteiger partial charge >= 0.3 is 0 Å². The Hall–Kier alpha value is -3.85. The molecule has 0 bridgehead atoms. The number of thiazole rings is 1. The number of benzene rings is 2. The minimum absolute atomic E-state index is 0.136. The van der Waals surface area contributed by atoms with Crippen molar-refractivity contribution in [1.82, 2.24) is 24.7 Å². The van der Waals surface area contributed by atoms with Gasteiger partial charge in [-0.2, -0.15) is 5.10 Å². The third-order valence-electron chi connectivity index (χ3n) is 5.76. The second-order valence-electron chi connectivity index (χ2n) is 8.47. The van der Waals surface area contributed by atoms with E-state index < -0.39 is 5.82 Å². The van der Waals surface area contributed by atoms with E-state index in [1.807, 2.05) is 57.6 Å². The van der Waals surface area contributed by atoms with Crippen LogP contribution < -0.4 is 10.1 Å².